The van der Waals surface area contributed by atoms with Gasteiger partial charge in [0.25, 0.3) is 5.91 Å². The molecule has 1 aromatic carbocycles. The van der Waals surface area contributed by atoms with Crippen LogP contribution in [-0.2, 0) is 0 Å². The SMILES string of the molecule is Cl.O=C(c1nc(-c2cccs2)n(-c2ccc(F)cc2)n1)N1CCCNCC1. The Morgan fingerprint density at radius 2 is 1.96 bits per heavy atom. The number of thiophene rings is 1. The Morgan fingerprint density at radius 1 is 1.15 bits per heavy atom. The fraction of sp³-hybridized carbons (Fsp3) is 0.278. The largest absolute Gasteiger partial charge is 0.335 e. The van der Waals surface area contributed by atoms with Gasteiger partial charge in [0, 0.05) is 19.6 Å². The predicted octanol–water partition coefficient (Wildman–Crippen LogP) is 2.99. The minimum Gasteiger partial charge on any atom is -0.335 e. The van der Waals surface area contributed by atoms with Gasteiger partial charge in [-0.05, 0) is 48.7 Å². The standard InChI is InChI=1S/C18H18FN5OS.ClH/c19-13-4-6-14(7-5-13)24-17(15-3-1-12-26-15)21-16(22-24)18(25)23-10-2-8-20-9-11-23;/h1,3-7,12,20H,2,8-11H2;1H. The molecular formula is C18H19ClFN5OS. The summed E-state index contributed by atoms with van der Waals surface area (Å²) in [5, 5.41) is 9.68. The van der Waals surface area contributed by atoms with Gasteiger partial charge in [0.1, 0.15) is 5.82 Å². The monoisotopic (exact) mass is 407 g/mol. The van der Waals surface area contributed by atoms with Crippen molar-refractivity contribution in [1.29, 1.82) is 0 Å². The first-order chi connectivity index (χ1) is 12.7. The summed E-state index contributed by atoms with van der Waals surface area (Å²) in [6.45, 7) is 2.99. The lowest BCUT2D eigenvalue weighted by Gasteiger charge is -2.17. The van der Waals surface area contributed by atoms with E-state index in [9.17, 15) is 9.18 Å². The van der Waals surface area contributed by atoms with Crippen molar-refractivity contribution in [2.75, 3.05) is 26.2 Å². The van der Waals surface area contributed by atoms with Gasteiger partial charge in [-0.1, -0.05) is 6.07 Å². The highest BCUT2D eigenvalue weighted by atomic mass is 35.5. The molecule has 142 valence electrons. The third kappa shape index (κ3) is 4.18. The van der Waals surface area contributed by atoms with Gasteiger partial charge in [-0.3, -0.25) is 4.79 Å². The van der Waals surface area contributed by atoms with Crippen molar-refractivity contribution < 1.29 is 9.18 Å². The van der Waals surface area contributed by atoms with Crippen LogP contribution in [0.5, 0.6) is 0 Å². The first-order valence-electron chi connectivity index (χ1n) is 8.49. The molecule has 2 aromatic heterocycles. The van der Waals surface area contributed by atoms with Crippen molar-refractivity contribution >= 4 is 29.7 Å². The minimum atomic E-state index is -0.320. The lowest BCUT2D eigenvalue weighted by molar-refractivity contribution is 0.0754. The fourth-order valence-corrected chi connectivity index (χ4v) is 3.62. The van der Waals surface area contributed by atoms with Crippen LogP contribution < -0.4 is 5.32 Å². The van der Waals surface area contributed by atoms with E-state index >= 15 is 0 Å². The van der Waals surface area contributed by atoms with Crippen LogP contribution in [-0.4, -0.2) is 51.8 Å². The molecule has 9 heteroatoms. The zero-order valence-corrected chi connectivity index (χ0v) is 16.1. The van der Waals surface area contributed by atoms with Gasteiger partial charge in [0.2, 0.25) is 5.82 Å². The number of aromatic nitrogens is 3. The maximum Gasteiger partial charge on any atom is 0.293 e. The number of hydrogen-bond acceptors (Lipinski definition) is 5. The predicted molar refractivity (Wildman–Crippen MR) is 105 cm³/mol. The van der Waals surface area contributed by atoms with E-state index in [0.717, 1.165) is 24.4 Å². The second-order valence-corrected chi connectivity index (χ2v) is 6.97. The van der Waals surface area contributed by atoms with Crippen LogP contribution in [0.2, 0.25) is 0 Å². The molecule has 1 aliphatic rings. The molecule has 0 spiro atoms. The maximum atomic E-state index is 13.3. The summed E-state index contributed by atoms with van der Waals surface area (Å²) in [6, 6.07) is 9.86. The van der Waals surface area contributed by atoms with E-state index < -0.39 is 0 Å². The molecule has 0 saturated carbocycles. The average molecular weight is 408 g/mol. The smallest absolute Gasteiger partial charge is 0.293 e. The van der Waals surface area contributed by atoms with Crippen LogP contribution in [0.1, 0.15) is 17.0 Å². The van der Waals surface area contributed by atoms with Gasteiger partial charge in [-0.25, -0.2) is 14.1 Å². The van der Waals surface area contributed by atoms with Crippen LogP contribution in [0.3, 0.4) is 0 Å². The van der Waals surface area contributed by atoms with Gasteiger partial charge in [-0.15, -0.1) is 28.8 Å². The normalized spacial score (nSPS) is 14.5. The van der Waals surface area contributed by atoms with Gasteiger partial charge >= 0.3 is 0 Å². The molecule has 0 radical (unpaired) electrons. The first-order valence-corrected chi connectivity index (χ1v) is 9.37. The molecule has 1 fully saturated rings. The van der Waals surface area contributed by atoms with E-state index in [2.05, 4.69) is 15.4 Å². The summed E-state index contributed by atoms with van der Waals surface area (Å²) < 4.78 is 14.9. The van der Waals surface area contributed by atoms with Crippen LogP contribution in [0.15, 0.2) is 41.8 Å². The number of halogens is 2. The topological polar surface area (TPSA) is 63.1 Å². The van der Waals surface area contributed by atoms with Crippen molar-refractivity contribution in [3.63, 3.8) is 0 Å². The van der Waals surface area contributed by atoms with Crippen LogP contribution >= 0.6 is 23.7 Å². The van der Waals surface area contributed by atoms with E-state index in [1.54, 1.807) is 21.7 Å². The van der Waals surface area contributed by atoms with Gasteiger partial charge in [0.05, 0.1) is 10.6 Å². The second-order valence-electron chi connectivity index (χ2n) is 6.02. The highest BCUT2D eigenvalue weighted by molar-refractivity contribution is 7.13. The number of benzene rings is 1. The van der Waals surface area contributed by atoms with Crippen molar-refractivity contribution in [2.24, 2.45) is 0 Å². The molecule has 3 heterocycles. The highest BCUT2D eigenvalue weighted by Crippen LogP contribution is 2.26. The van der Waals surface area contributed by atoms with Gasteiger partial charge in [-0.2, -0.15) is 0 Å². The zero-order valence-electron chi connectivity index (χ0n) is 14.5. The molecule has 3 aromatic rings. The third-order valence-corrected chi connectivity index (χ3v) is 5.10. The zero-order chi connectivity index (χ0) is 17.9. The van der Waals surface area contributed by atoms with E-state index in [1.807, 2.05) is 17.5 Å². The van der Waals surface area contributed by atoms with Crippen molar-refractivity contribution in [3.05, 3.63) is 53.4 Å². The summed E-state index contributed by atoms with van der Waals surface area (Å²) in [5.41, 5.74) is 0.666. The highest BCUT2D eigenvalue weighted by Gasteiger charge is 2.24. The number of rotatable bonds is 3. The third-order valence-electron chi connectivity index (χ3n) is 4.24. The van der Waals surface area contributed by atoms with E-state index in [-0.39, 0.29) is 30.0 Å². The Bertz CT molecular complexity index is 889. The van der Waals surface area contributed by atoms with Crippen LogP contribution in [0.25, 0.3) is 16.4 Å². The number of nitrogens with one attached hydrogen (secondary N) is 1. The summed E-state index contributed by atoms with van der Waals surface area (Å²) >= 11 is 1.52. The Kier molecular flexibility index (Phi) is 6.20. The lowest BCUT2D eigenvalue weighted by atomic mass is 10.3. The fourth-order valence-electron chi connectivity index (χ4n) is 2.92. The molecule has 1 N–H and O–H groups in total. The quantitative estimate of drug-likeness (QED) is 0.725. The average Bonchev–Trinajstić information content (AvgIpc) is 3.25. The molecule has 4 rings (SSSR count). The Hall–Kier alpha value is -2.29. The lowest BCUT2D eigenvalue weighted by Crippen LogP contribution is -2.34. The number of carbonyl (C=O) groups is 1. The Labute approximate surface area is 166 Å². The van der Waals surface area contributed by atoms with Crippen molar-refractivity contribution in [3.8, 4) is 16.4 Å². The van der Waals surface area contributed by atoms with E-state index in [4.69, 9.17) is 0 Å². The molecular weight excluding hydrogens is 389 g/mol. The summed E-state index contributed by atoms with van der Waals surface area (Å²) in [6.07, 6.45) is 0.905. The minimum absolute atomic E-state index is 0. The number of hydrogen-bond donors (Lipinski definition) is 1. The molecule has 0 bridgehead atoms. The second kappa shape index (κ2) is 8.60. The molecule has 1 saturated heterocycles. The summed E-state index contributed by atoms with van der Waals surface area (Å²) in [5.74, 6) is 0.259. The van der Waals surface area contributed by atoms with E-state index in [0.29, 0.717) is 24.6 Å². The molecule has 1 amide bonds. The van der Waals surface area contributed by atoms with E-state index in [1.165, 1.54) is 23.5 Å². The molecule has 0 unspecified atom stereocenters. The van der Waals surface area contributed by atoms with Gasteiger partial charge < -0.3 is 10.2 Å². The van der Waals surface area contributed by atoms with Crippen molar-refractivity contribution in [2.45, 2.75) is 6.42 Å². The summed E-state index contributed by atoms with van der Waals surface area (Å²) in [7, 11) is 0. The number of nitrogens with zero attached hydrogens (tertiary/aromatic N) is 4. The maximum absolute atomic E-state index is 13.3. The Balaban J connectivity index is 0.00000210. The number of carbonyl (C=O) groups excluding carboxylic acids is 1. The number of amides is 1. The molecule has 1 aliphatic heterocycles. The Morgan fingerprint density at radius 3 is 2.70 bits per heavy atom. The molecule has 6 nitrogen and oxygen atoms in total. The first kappa shape index (κ1) is 19.5. The van der Waals surface area contributed by atoms with Crippen LogP contribution in [0, 0.1) is 5.82 Å². The van der Waals surface area contributed by atoms with Crippen LogP contribution in [0.4, 0.5) is 4.39 Å². The molecule has 0 atom stereocenters. The van der Waals surface area contributed by atoms with Crippen molar-refractivity contribution in [1.82, 2.24) is 25.0 Å². The van der Waals surface area contributed by atoms with Gasteiger partial charge in [0.15, 0.2) is 5.82 Å². The molecule has 0 aliphatic carbocycles. The molecule has 27 heavy (non-hydrogen) atoms. The summed E-state index contributed by atoms with van der Waals surface area (Å²) in [4.78, 5) is 20.1.